The number of Topliss-reactive ketones (excluding diaryl/α,β-unsaturated/α-hetero) is 1. The molecular weight excluding hydrogens is 396 g/mol. The van der Waals surface area contributed by atoms with Gasteiger partial charge in [0, 0.05) is 19.4 Å². The van der Waals surface area contributed by atoms with E-state index in [1.165, 1.54) is 30.3 Å². The second-order valence-corrected chi connectivity index (χ2v) is 7.45. The molecule has 2 aromatic rings. The van der Waals surface area contributed by atoms with Crippen molar-refractivity contribution in [1.29, 1.82) is 0 Å². The zero-order chi connectivity index (χ0) is 21.7. The van der Waals surface area contributed by atoms with Gasteiger partial charge in [0.15, 0.2) is 5.78 Å². The molecule has 1 atom stereocenters. The minimum Gasteiger partial charge on any atom is -0.292 e. The lowest BCUT2D eigenvalue weighted by molar-refractivity contribution is -0.138. The van der Waals surface area contributed by atoms with Gasteiger partial charge in [0.1, 0.15) is 11.5 Å². The lowest BCUT2D eigenvalue weighted by Crippen LogP contribution is -2.21. The van der Waals surface area contributed by atoms with Gasteiger partial charge in [-0.1, -0.05) is 50.1 Å². The van der Waals surface area contributed by atoms with Crippen molar-refractivity contribution in [2.45, 2.75) is 51.2 Å². The van der Waals surface area contributed by atoms with Crippen LogP contribution in [-0.2, 0) is 17.4 Å². The van der Waals surface area contributed by atoms with Crippen molar-refractivity contribution in [1.82, 2.24) is 5.01 Å². The van der Waals surface area contributed by atoms with Crippen LogP contribution in [-0.4, -0.2) is 23.0 Å². The van der Waals surface area contributed by atoms with Gasteiger partial charge in [0.2, 0.25) is 0 Å². The van der Waals surface area contributed by atoms with E-state index in [1.54, 1.807) is 17.1 Å². The predicted octanol–water partition coefficient (Wildman–Crippen LogP) is 5.95. The highest BCUT2D eigenvalue weighted by atomic mass is 19.4. The molecule has 7 heteroatoms. The number of hydrogen-bond donors (Lipinski definition) is 0. The third-order valence-corrected chi connectivity index (χ3v) is 5.22. The molecule has 0 saturated carbocycles. The summed E-state index contributed by atoms with van der Waals surface area (Å²) < 4.78 is 53.5. The second kappa shape index (κ2) is 9.41. The molecule has 0 aliphatic carbocycles. The van der Waals surface area contributed by atoms with Crippen LogP contribution in [0.15, 0.2) is 53.6 Å². The highest BCUT2D eigenvalue weighted by Crippen LogP contribution is 2.34. The number of unbranched alkanes of at least 4 members (excludes halogenated alkanes) is 2. The van der Waals surface area contributed by atoms with E-state index in [4.69, 9.17) is 0 Å². The Kier molecular flexibility index (Phi) is 6.90. The van der Waals surface area contributed by atoms with Crippen LogP contribution in [0.25, 0.3) is 0 Å². The van der Waals surface area contributed by atoms with Gasteiger partial charge in [0.05, 0.1) is 11.6 Å². The van der Waals surface area contributed by atoms with Crippen LogP contribution >= 0.6 is 0 Å². The first-order valence-electron chi connectivity index (χ1n) is 10.1. The molecule has 0 spiro atoms. The molecule has 1 heterocycles. The van der Waals surface area contributed by atoms with Gasteiger partial charge in [0.25, 0.3) is 0 Å². The fourth-order valence-corrected chi connectivity index (χ4v) is 3.68. The molecule has 30 heavy (non-hydrogen) atoms. The van der Waals surface area contributed by atoms with E-state index in [1.807, 2.05) is 0 Å². The molecule has 1 aliphatic heterocycles. The Balaban J connectivity index is 1.81. The van der Waals surface area contributed by atoms with Crippen molar-refractivity contribution in [3.05, 3.63) is 71.0 Å². The number of ketones is 1. The van der Waals surface area contributed by atoms with E-state index in [0.717, 1.165) is 25.3 Å². The normalized spacial score (nSPS) is 16.6. The fraction of sp³-hybridized carbons (Fsp3) is 0.391. The van der Waals surface area contributed by atoms with E-state index < -0.39 is 17.5 Å². The third kappa shape index (κ3) is 5.26. The van der Waals surface area contributed by atoms with Crippen LogP contribution in [0.4, 0.5) is 17.6 Å². The number of hydrogen-bond acceptors (Lipinski definition) is 3. The maximum absolute atomic E-state index is 13.7. The van der Waals surface area contributed by atoms with Gasteiger partial charge >= 0.3 is 6.18 Å². The minimum atomic E-state index is -4.52. The van der Waals surface area contributed by atoms with Crippen molar-refractivity contribution >= 4 is 11.5 Å². The zero-order valence-corrected chi connectivity index (χ0v) is 16.8. The number of carbonyl (C=O) groups is 1. The summed E-state index contributed by atoms with van der Waals surface area (Å²) in [5.41, 5.74) is 0.0642. The molecule has 1 aliphatic rings. The highest BCUT2D eigenvalue weighted by Gasteiger charge is 2.35. The summed E-state index contributed by atoms with van der Waals surface area (Å²) >= 11 is 0. The SMILES string of the molecule is CCCCCN1N=C(C(=O)Cc2ccccc2C(F)(F)F)CC1c1cccc(F)c1. The molecule has 0 aromatic heterocycles. The van der Waals surface area contributed by atoms with E-state index >= 15 is 0 Å². The average Bonchev–Trinajstić information content (AvgIpc) is 3.12. The standard InChI is InChI=1S/C23H24F4N2O/c1-2-3-6-12-29-21(17-9-7-10-18(24)13-17)15-20(28-29)22(30)14-16-8-4-5-11-19(16)23(25,26)27/h4-5,7-11,13,21H,2-3,6,12,14-15H2,1H3. The van der Waals surface area contributed by atoms with Crippen molar-refractivity contribution in [3.8, 4) is 0 Å². The van der Waals surface area contributed by atoms with Crippen LogP contribution in [0.2, 0.25) is 0 Å². The number of alkyl halides is 3. The lowest BCUT2D eigenvalue weighted by Gasteiger charge is -2.23. The van der Waals surface area contributed by atoms with E-state index in [2.05, 4.69) is 12.0 Å². The first-order chi connectivity index (χ1) is 14.3. The molecule has 2 aromatic carbocycles. The quantitative estimate of drug-likeness (QED) is 0.391. The third-order valence-electron chi connectivity index (χ3n) is 5.22. The summed E-state index contributed by atoms with van der Waals surface area (Å²) in [4.78, 5) is 12.8. The maximum atomic E-state index is 13.7. The summed E-state index contributed by atoms with van der Waals surface area (Å²) in [6.45, 7) is 2.68. The Hall–Kier alpha value is -2.70. The molecule has 0 radical (unpaired) electrons. The average molecular weight is 420 g/mol. The summed E-state index contributed by atoms with van der Waals surface area (Å²) in [7, 11) is 0. The van der Waals surface area contributed by atoms with E-state index in [9.17, 15) is 22.4 Å². The first-order valence-corrected chi connectivity index (χ1v) is 10.1. The Labute approximate surface area is 173 Å². The fourth-order valence-electron chi connectivity index (χ4n) is 3.68. The van der Waals surface area contributed by atoms with Gasteiger partial charge in [-0.3, -0.25) is 9.80 Å². The Bertz CT molecular complexity index is 923. The molecule has 3 rings (SSSR count). The van der Waals surface area contributed by atoms with Crippen molar-refractivity contribution in [2.75, 3.05) is 6.54 Å². The Morgan fingerprint density at radius 2 is 1.90 bits per heavy atom. The van der Waals surface area contributed by atoms with Crippen molar-refractivity contribution < 1.29 is 22.4 Å². The molecule has 1 unspecified atom stereocenters. The second-order valence-electron chi connectivity index (χ2n) is 7.45. The monoisotopic (exact) mass is 420 g/mol. The highest BCUT2D eigenvalue weighted by molar-refractivity contribution is 6.40. The van der Waals surface area contributed by atoms with Gasteiger partial charge in [-0.05, 0) is 35.7 Å². The number of halogens is 4. The van der Waals surface area contributed by atoms with Gasteiger partial charge in [-0.15, -0.1) is 0 Å². The number of carbonyl (C=O) groups excluding carboxylic acids is 1. The Morgan fingerprint density at radius 1 is 1.13 bits per heavy atom. The summed E-state index contributed by atoms with van der Waals surface area (Å²) in [6, 6.07) is 10.9. The maximum Gasteiger partial charge on any atom is 0.416 e. The largest absolute Gasteiger partial charge is 0.416 e. The van der Waals surface area contributed by atoms with E-state index in [0.29, 0.717) is 12.1 Å². The predicted molar refractivity (Wildman–Crippen MR) is 108 cm³/mol. The number of rotatable bonds is 8. The van der Waals surface area contributed by atoms with Gasteiger partial charge in [-0.25, -0.2) is 4.39 Å². The number of benzene rings is 2. The summed E-state index contributed by atoms with van der Waals surface area (Å²) in [6.07, 6.45) is -1.77. The smallest absolute Gasteiger partial charge is 0.292 e. The van der Waals surface area contributed by atoms with Crippen molar-refractivity contribution in [3.63, 3.8) is 0 Å². The number of nitrogens with zero attached hydrogens (tertiary/aromatic N) is 2. The first kappa shape index (κ1) is 22.0. The molecule has 3 nitrogen and oxygen atoms in total. The molecular formula is C23H24F4N2O. The lowest BCUT2D eigenvalue weighted by atomic mass is 9.96. The molecule has 0 amide bonds. The molecule has 0 fully saturated rings. The van der Waals surface area contributed by atoms with Crippen molar-refractivity contribution in [2.24, 2.45) is 5.10 Å². The van der Waals surface area contributed by atoms with Crippen LogP contribution < -0.4 is 0 Å². The minimum absolute atomic E-state index is 0.0653. The van der Waals surface area contributed by atoms with Crippen LogP contribution in [0, 0.1) is 5.82 Å². The Morgan fingerprint density at radius 3 is 2.60 bits per heavy atom. The van der Waals surface area contributed by atoms with Crippen LogP contribution in [0.5, 0.6) is 0 Å². The summed E-state index contributed by atoms with van der Waals surface area (Å²) in [5, 5.41) is 6.20. The van der Waals surface area contributed by atoms with Crippen LogP contribution in [0.1, 0.15) is 55.3 Å². The van der Waals surface area contributed by atoms with Gasteiger partial charge in [-0.2, -0.15) is 18.3 Å². The topological polar surface area (TPSA) is 32.7 Å². The molecule has 0 saturated heterocycles. The molecule has 160 valence electrons. The summed E-state index contributed by atoms with van der Waals surface area (Å²) in [5.74, 6) is -0.814. The van der Waals surface area contributed by atoms with E-state index in [-0.39, 0.29) is 36.0 Å². The van der Waals surface area contributed by atoms with Crippen LogP contribution in [0.3, 0.4) is 0 Å². The zero-order valence-electron chi connectivity index (χ0n) is 16.8. The molecule has 0 bridgehead atoms. The number of hydrazone groups is 1. The van der Waals surface area contributed by atoms with Gasteiger partial charge < -0.3 is 0 Å². The molecule has 0 N–H and O–H groups in total.